The van der Waals surface area contributed by atoms with Gasteiger partial charge in [0, 0.05) is 6.42 Å². The Morgan fingerprint density at radius 1 is 0.857 bits per heavy atom. The van der Waals surface area contributed by atoms with E-state index in [4.69, 9.17) is 8.92 Å². The molecule has 0 aromatic heterocycles. The molecule has 0 heterocycles. The van der Waals surface area contributed by atoms with Crippen molar-refractivity contribution >= 4 is 16.1 Å². The lowest BCUT2D eigenvalue weighted by Gasteiger charge is -2.23. The highest BCUT2D eigenvalue weighted by molar-refractivity contribution is 7.86. The van der Waals surface area contributed by atoms with Gasteiger partial charge in [0.1, 0.15) is 6.10 Å². The van der Waals surface area contributed by atoms with Gasteiger partial charge in [-0.25, -0.2) is 4.79 Å². The van der Waals surface area contributed by atoms with Gasteiger partial charge in [0.15, 0.2) is 0 Å². The van der Waals surface area contributed by atoms with Crippen molar-refractivity contribution in [3.63, 3.8) is 0 Å². The van der Waals surface area contributed by atoms with Crippen LogP contribution in [0.3, 0.4) is 0 Å². The number of carbonyl (C=O) groups excluding carboxylic acids is 1. The first-order valence-corrected chi connectivity index (χ1v) is 11.1. The van der Waals surface area contributed by atoms with Crippen LogP contribution in [-0.4, -0.2) is 26.6 Å². The predicted octanol–water partition coefficient (Wildman–Crippen LogP) is 4.98. The molecule has 2 rings (SSSR count). The zero-order valence-electron chi connectivity index (χ0n) is 16.4. The molecule has 28 heavy (non-hydrogen) atoms. The molecule has 5 nitrogen and oxygen atoms in total. The Morgan fingerprint density at radius 3 is 1.96 bits per heavy atom. The maximum Gasteiger partial charge on any atom is 0.338 e. The van der Waals surface area contributed by atoms with E-state index in [9.17, 15) is 13.2 Å². The Balaban J connectivity index is 2.09. The quantitative estimate of drug-likeness (QED) is 0.390. The topological polar surface area (TPSA) is 69.7 Å². The summed E-state index contributed by atoms with van der Waals surface area (Å²) >= 11 is 0. The zero-order chi connectivity index (χ0) is 20.4. The van der Waals surface area contributed by atoms with Gasteiger partial charge in [-0.15, -0.1) is 0 Å². The molecule has 0 N–H and O–H groups in total. The van der Waals surface area contributed by atoms with Gasteiger partial charge in [-0.05, 0) is 37.1 Å². The highest BCUT2D eigenvalue weighted by atomic mass is 32.2. The van der Waals surface area contributed by atoms with Gasteiger partial charge >= 0.3 is 5.97 Å². The molecular weight excluding hydrogens is 376 g/mol. The van der Waals surface area contributed by atoms with Crippen molar-refractivity contribution in [3.05, 3.63) is 66.2 Å². The van der Waals surface area contributed by atoms with Crippen molar-refractivity contribution in [1.29, 1.82) is 0 Å². The summed E-state index contributed by atoms with van der Waals surface area (Å²) in [6.45, 7) is 3.97. The third kappa shape index (κ3) is 6.77. The van der Waals surface area contributed by atoms with Crippen molar-refractivity contribution in [2.75, 3.05) is 0 Å². The monoisotopic (exact) mass is 404 g/mol. The van der Waals surface area contributed by atoms with E-state index >= 15 is 0 Å². The van der Waals surface area contributed by atoms with Gasteiger partial charge in [-0.2, -0.15) is 8.42 Å². The molecule has 2 atom stereocenters. The minimum Gasteiger partial charge on any atom is -0.459 e. The van der Waals surface area contributed by atoms with Crippen LogP contribution in [0.15, 0.2) is 65.6 Å². The smallest absolute Gasteiger partial charge is 0.338 e. The fraction of sp³-hybridized carbons (Fsp3) is 0.409. The molecule has 2 aromatic rings. The normalized spacial score (nSPS) is 13.6. The van der Waals surface area contributed by atoms with Crippen LogP contribution >= 0.6 is 0 Å². The second kappa shape index (κ2) is 11.0. The van der Waals surface area contributed by atoms with E-state index in [0.717, 1.165) is 12.8 Å². The fourth-order valence-corrected chi connectivity index (χ4v) is 4.12. The van der Waals surface area contributed by atoms with Gasteiger partial charge in [0.25, 0.3) is 10.1 Å². The van der Waals surface area contributed by atoms with Gasteiger partial charge < -0.3 is 4.74 Å². The van der Waals surface area contributed by atoms with Gasteiger partial charge in [0.2, 0.25) is 0 Å². The van der Waals surface area contributed by atoms with Crippen molar-refractivity contribution in [2.24, 2.45) is 0 Å². The van der Waals surface area contributed by atoms with Crippen LogP contribution in [0.1, 0.15) is 56.3 Å². The first kappa shape index (κ1) is 22.1. The number of hydrogen-bond donors (Lipinski definition) is 0. The van der Waals surface area contributed by atoms with Crippen LogP contribution in [-0.2, 0) is 19.0 Å². The SMILES string of the molecule is CCCC(CC(CCC)OS(=O)(=O)c1ccccc1)OC(=O)c1ccccc1. The average molecular weight is 405 g/mol. The van der Waals surface area contributed by atoms with Crippen molar-refractivity contribution in [3.8, 4) is 0 Å². The maximum atomic E-state index is 12.6. The number of ether oxygens (including phenoxy) is 1. The summed E-state index contributed by atoms with van der Waals surface area (Å²) in [4.78, 5) is 12.5. The Hall–Kier alpha value is -2.18. The molecule has 0 radical (unpaired) electrons. The largest absolute Gasteiger partial charge is 0.459 e. The second-order valence-corrected chi connectivity index (χ2v) is 8.26. The molecule has 2 aromatic carbocycles. The van der Waals surface area contributed by atoms with Crippen molar-refractivity contribution in [1.82, 2.24) is 0 Å². The maximum absolute atomic E-state index is 12.6. The number of carbonyl (C=O) groups is 1. The highest BCUT2D eigenvalue weighted by Gasteiger charge is 2.26. The van der Waals surface area contributed by atoms with E-state index in [2.05, 4.69) is 0 Å². The summed E-state index contributed by atoms with van der Waals surface area (Å²) in [6, 6.07) is 16.9. The summed E-state index contributed by atoms with van der Waals surface area (Å²) < 4.78 is 36.3. The number of benzene rings is 2. The molecule has 0 amide bonds. The Morgan fingerprint density at radius 2 is 1.39 bits per heavy atom. The standard InChI is InChI=1S/C22H28O5S/c1-3-11-19(26-22(23)18-13-7-5-8-14-18)17-20(12-4-2)27-28(24,25)21-15-9-6-10-16-21/h5-10,13-16,19-20H,3-4,11-12,17H2,1-2H3. The summed E-state index contributed by atoms with van der Waals surface area (Å²) in [6.07, 6.45) is 2.18. The number of esters is 1. The average Bonchev–Trinajstić information content (AvgIpc) is 2.69. The molecule has 0 bridgehead atoms. The van der Waals surface area contributed by atoms with Crippen LogP contribution in [0.25, 0.3) is 0 Å². The lowest BCUT2D eigenvalue weighted by atomic mass is 10.0. The van der Waals surface area contributed by atoms with Crippen LogP contribution < -0.4 is 0 Å². The van der Waals surface area contributed by atoms with Crippen LogP contribution in [0, 0.1) is 0 Å². The first-order valence-electron chi connectivity index (χ1n) is 9.70. The van der Waals surface area contributed by atoms with Gasteiger partial charge in [0.05, 0.1) is 16.6 Å². The Bertz CT molecular complexity index is 819. The molecule has 0 aliphatic heterocycles. The number of rotatable bonds is 11. The molecule has 0 saturated carbocycles. The molecule has 0 saturated heterocycles. The first-order chi connectivity index (χ1) is 13.5. The predicted molar refractivity (Wildman–Crippen MR) is 109 cm³/mol. The third-order valence-corrected chi connectivity index (χ3v) is 5.70. The lowest BCUT2D eigenvalue weighted by Crippen LogP contribution is -2.27. The van der Waals surface area contributed by atoms with Crippen LogP contribution in [0.4, 0.5) is 0 Å². The Labute approximate surface area is 167 Å². The minimum absolute atomic E-state index is 0.129. The van der Waals surface area contributed by atoms with Crippen molar-refractivity contribution < 1.29 is 22.1 Å². The molecule has 0 spiro atoms. The van der Waals surface area contributed by atoms with E-state index in [-0.39, 0.29) is 4.90 Å². The summed E-state index contributed by atoms with van der Waals surface area (Å²) in [5.41, 5.74) is 0.480. The molecule has 0 fully saturated rings. The molecule has 2 unspecified atom stereocenters. The highest BCUT2D eigenvalue weighted by Crippen LogP contribution is 2.22. The van der Waals surface area contributed by atoms with E-state index < -0.39 is 28.3 Å². The molecular formula is C22H28O5S. The molecule has 152 valence electrons. The minimum atomic E-state index is -3.86. The van der Waals surface area contributed by atoms with Gasteiger partial charge in [-0.1, -0.05) is 63.1 Å². The molecule has 0 aliphatic carbocycles. The van der Waals surface area contributed by atoms with E-state index in [1.54, 1.807) is 42.5 Å². The van der Waals surface area contributed by atoms with Gasteiger partial charge in [-0.3, -0.25) is 4.18 Å². The summed E-state index contributed by atoms with van der Waals surface area (Å²) in [5.74, 6) is -0.403. The summed E-state index contributed by atoms with van der Waals surface area (Å²) in [7, 11) is -3.86. The lowest BCUT2D eigenvalue weighted by molar-refractivity contribution is 0.0149. The zero-order valence-corrected chi connectivity index (χ0v) is 17.2. The number of hydrogen-bond acceptors (Lipinski definition) is 5. The molecule has 0 aliphatic rings. The molecule has 6 heteroatoms. The second-order valence-electron chi connectivity index (χ2n) is 6.69. The van der Waals surface area contributed by atoms with E-state index in [1.807, 2.05) is 19.9 Å². The Kier molecular flexibility index (Phi) is 8.67. The third-order valence-electron chi connectivity index (χ3n) is 4.32. The fourth-order valence-electron chi connectivity index (χ4n) is 2.98. The van der Waals surface area contributed by atoms with Crippen LogP contribution in [0.5, 0.6) is 0 Å². The van der Waals surface area contributed by atoms with E-state index in [1.165, 1.54) is 12.1 Å². The summed E-state index contributed by atoms with van der Waals surface area (Å²) in [5, 5.41) is 0. The van der Waals surface area contributed by atoms with Crippen LogP contribution in [0.2, 0.25) is 0 Å². The van der Waals surface area contributed by atoms with Crippen molar-refractivity contribution in [2.45, 2.75) is 63.1 Å². The van der Waals surface area contributed by atoms with E-state index in [0.29, 0.717) is 24.8 Å².